The zero-order valence-electron chi connectivity index (χ0n) is 18.5. The van der Waals surface area contributed by atoms with Gasteiger partial charge in [-0.1, -0.05) is 26.0 Å². The van der Waals surface area contributed by atoms with E-state index in [2.05, 4.69) is 31.4 Å². The van der Waals surface area contributed by atoms with Gasteiger partial charge in [-0.05, 0) is 55.7 Å². The number of hydrogen-bond donors (Lipinski definition) is 3. The zero-order chi connectivity index (χ0) is 20.7. The van der Waals surface area contributed by atoms with E-state index in [4.69, 9.17) is 14.5 Å². The first-order valence-electron chi connectivity index (χ1n) is 10.5. The van der Waals surface area contributed by atoms with E-state index in [-0.39, 0.29) is 36.0 Å². The Morgan fingerprint density at radius 3 is 2.34 bits per heavy atom. The number of nitrogens with one attached hydrogen (secondary N) is 2. The third kappa shape index (κ3) is 11.1. The molecule has 1 rings (SSSR count). The summed E-state index contributed by atoms with van der Waals surface area (Å²) in [6, 6.07) is 7.94. The van der Waals surface area contributed by atoms with Gasteiger partial charge < -0.3 is 25.2 Å². The van der Waals surface area contributed by atoms with Gasteiger partial charge in [0.05, 0.1) is 13.7 Å². The summed E-state index contributed by atoms with van der Waals surface area (Å²) < 4.78 is 10.9. The number of guanidine groups is 1. The molecule has 0 saturated heterocycles. The van der Waals surface area contributed by atoms with E-state index >= 15 is 0 Å². The third-order valence-electron chi connectivity index (χ3n) is 5.24. The molecule has 1 aromatic carbocycles. The fourth-order valence-corrected chi connectivity index (χ4v) is 3.02. The monoisotopic (exact) mass is 521 g/mol. The predicted molar refractivity (Wildman–Crippen MR) is 131 cm³/mol. The second-order valence-corrected chi connectivity index (χ2v) is 7.06. The highest BCUT2D eigenvalue weighted by Crippen LogP contribution is 2.30. The summed E-state index contributed by atoms with van der Waals surface area (Å²) in [6.07, 6.45) is 3.74. The molecule has 0 atom stereocenters. The average Bonchev–Trinajstić information content (AvgIpc) is 2.73. The van der Waals surface area contributed by atoms with Gasteiger partial charge in [-0.25, -0.2) is 0 Å². The van der Waals surface area contributed by atoms with Gasteiger partial charge in [-0.15, -0.1) is 24.0 Å². The van der Waals surface area contributed by atoms with Crippen LogP contribution in [0.15, 0.2) is 29.3 Å². The molecule has 7 heteroatoms. The van der Waals surface area contributed by atoms with Gasteiger partial charge in [-0.2, -0.15) is 0 Å². The summed E-state index contributed by atoms with van der Waals surface area (Å²) in [5, 5.41) is 16.0. The van der Waals surface area contributed by atoms with E-state index in [0.29, 0.717) is 13.2 Å². The Kier molecular flexibility index (Phi) is 16.1. The molecule has 0 saturated carbocycles. The van der Waals surface area contributed by atoms with Crippen LogP contribution in [-0.4, -0.2) is 51.0 Å². The zero-order valence-corrected chi connectivity index (χ0v) is 20.8. The number of ether oxygens (including phenoxy) is 2. The van der Waals surface area contributed by atoms with Crippen LogP contribution in [0.25, 0.3) is 0 Å². The molecule has 0 fully saturated rings. The van der Waals surface area contributed by atoms with E-state index in [0.717, 1.165) is 62.6 Å². The minimum absolute atomic E-state index is 0. The molecule has 0 amide bonds. The molecular formula is C22H40IN3O3. The number of aliphatic imine (C=N–C) groups is 1. The molecular weight excluding hydrogens is 481 g/mol. The van der Waals surface area contributed by atoms with Crippen molar-refractivity contribution in [2.45, 2.75) is 53.1 Å². The second kappa shape index (κ2) is 16.7. The highest BCUT2D eigenvalue weighted by Gasteiger charge is 2.25. The van der Waals surface area contributed by atoms with Crippen molar-refractivity contribution < 1.29 is 14.6 Å². The summed E-state index contributed by atoms with van der Waals surface area (Å²) in [5.74, 6) is 1.69. The Labute approximate surface area is 193 Å². The lowest BCUT2D eigenvalue weighted by atomic mass is 9.79. The normalized spacial score (nSPS) is 11.7. The van der Waals surface area contributed by atoms with Gasteiger partial charge in [-0.3, -0.25) is 4.99 Å². The molecule has 29 heavy (non-hydrogen) atoms. The maximum atomic E-state index is 9.37. The van der Waals surface area contributed by atoms with Crippen molar-refractivity contribution in [2.24, 2.45) is 10.4 Å². The Morgan fingerprint density at radius 1 is 1.10 bits per heavy atom. The van der Waals surface area contributed by atoms with Crippen molar-refractivity contribution >= 4 is 29.9 Å². The lowest BCUT2D eigenvalue weighted by Crippen LogP contribution is -2.39. The highest BCUT2D eigenvalue weighted by atomic mass is 127. The van der Waals surface area contributed by atoms with Crippen LogP contribution in [0, 0.1) is 5.41 Å². The molecule has 6 nitrogen and oxygen atoms in total. The van der Waals surface area contributed by atoms with Gasteiger partial charge in [0, 0.05) is 32.8 Å². The number of methoxy groups -OCH3 is 1. The number of hydrogen-bond acceptors (Lipinski definition) is 4. The molecule has 168 valence electrons. The first-order chi connectivity index (χ1) is 13.6. The molecule has 3 N–H and O–H groups in total. The Morgan fingerprint density at radius 2 is 1.79 bits per heavy atom. The van der Waals surface area contributed by atoms with Crippen LogP contribution in [-0.2, 0) is 11.3 Å². The topological polar surface area (TPSA) is 75.1 Å². The van der Waals surface area contributed by atoms with Gasteiger partial charge in [0.25, 0.3) is 0 Å². The van der Waals surface area contributed by atoms with Crippen LogP contribution in [0.1, 0.15) is 52.0 Å². The Bertz CT molecular complexity index is 549. The van der Waals surface area contributed by atoms with Crippen LogP contribution in [0.5, 0.6) is 5.75 Å². The molecule has 0 aliphatic heterocycles. The molecule has 0 spiro atoms. The van der Waals surface area contributed by atoms with Gasteiger partial charge in [0.15, 0.2) is 5.96 Å². The molecule has 0 aliphatic carbocycles. The van der Waals surface area contributed by atoms with Crippen LogP contribution < -0.4 is 15.4 Å². The van der Waals surface area contributed by atoms with Gasteiger partial charge >= 0.3 is 0 Å². The van der Waals surface area contributed by atoms with Gasteiger partial charge in [0.2, 0.25) is 0 Å². The van der Waals surface area contributed by atoms with Crippen LogP contribution in [0.3, 0.4) is 0 Å². The fourth-order valence-electron chi connectivity index (χ4n) is 3.02. The maximum absolute atomic E-state index is 9.37. The predicted octanol–water partition coefficient (Wildman–Crippen LogP) is 3.96. The first-order valence-corrected chi connectivity index (χ1v) is 10.5. The number of rotatable bonds is 14. The van der Waals surface area contributed by atoms with E-state index in [1.807, 2.05) is 24.3 Å². The first kappa shape index (κ1) is 27.9. The van der Waals surface area contributed by atoms with Crippen LogP contribution in [0.2, 0.25) is 0 Å². The van der Waals surface area contributed by atoms with E-state index in [1.54, 1.807) is 7.11 Å². The number of aliphatic hydroxyl groups is 1. The molecule has 0 aromatic heterocycles. The quantitative estimate of drug-likeness (QED) is 0.150. The number of halogens is 1. The minimum Gasteiger partial charge on any atom is -0.497 e. The molecule has 0 bridgehead atoms. The Hall–Kier alpha value is -1.06. The standard InChI is InChI=1S/C22H39N3O3.HI/c1-5-22(6-2,13-15-26)18-25-21(23-7-3)24-14-8-16-28-17-19-9-11-20(27-4)12-10-19;/h9-12,26H,5-8,13-18H2,1-4H3,(H2,23,24,25);1H. The summed E-state index contributed by atoms with van der Waals surface area (Å²) in [5.41, 5.74) is 1.22. The maximum Gasteiger partial charge on any atom is 0.191 e. The van der Waals surface area contributed by atoms with Crippen molar-refractivity contribution in [1.29, 1.82) is 0 Å². The van der Waals surface area contributed by atoms with Crippen molar-refractivity contribution in [3.63, 3.8) is 0 Å². The summed E-state index contributed by atoms with van der Waals surface area (Å²) >= 11 is 0. The largest absolute Gasteiger partial charge is 0.497 e. The minimum atomic E-state index is 0. The van der Waals surface area contributed by atoms with E-state index in [1.165, 1.54) is 0 Å². The van der Waals surface area contributed by atoms with Crippen LogP contribution >= 0.6 is 24.0 Å². The lowest BCUT2D eigenvalue weighted by molar-refractivity contribution is 0.119. The number of nitrogens with zero attached hydrogens (tertiary/aromatic N) is 1. The number of benzene rings is 1. The van der Waals surface area contributed by atoms with Crippen molar-refractivity contribution in [1.82, 2.24) is 10.6 Å². The summed E-state index contributed by atoms with van der Waals surface area (Å²) in [4.78, 5) is 4.76. The smallest absolute Gasteiger partial charge is 0.191 e. The highest BCUT2D eigenvalue weighted by molar-refractivity contribution is 14.0. The summed E-state index contributed by atoms with van der Waals surface area (Å²) in [7, 11) is 1.67. The van der Waals surface area contributed by atoms with Crippen molar-refractivity contribution in [3.8, 4) is 5.75 Å². The third-order valence-corrected chi connectivity index (χ3v) is 5.24. The number of aliphatic hydroxyl groups excluding tert-OH is 1. The molecule has 1 aromatic rings. The molecule has 0 aliphatic rings. The molecule has 0 unspecified atom stereocenters. The lowest BCUT2D eigenvalue weighted by Gasteiger charge is -2.29. The Balaban J connectivity index is 0.00000784. The summed E-state index contributed by atoms with van der Waals surface area (Å²) in [6.45, 7) is 10.3. The van der Waals surface area contributed by atoms with Crippen molar-refractivity contribution in [3.05, 3.63) is 29.8 Å². The molecule has 0 radical (unpaired) electrons. The SMILES string of the molecule is CCNC(=NCC(CC)(CC)CCO)NCCCOCc1ccc(OC)cc1.I. The van der Waals surface area contributed by atoms with E-state index < -0.39 is 0 Å². The van der Waals surface area contributed by atoms with Crippen molar-refractivity contribution in [2.75, 3.05) is 40.0 Å². The average molecular weight is 521 g/mol. The van der Waals surface area contributed by atoms with E-state index in [9.17, 15) is 5.11 Å². The van der Waals surface area contributed by atoms with Crippen LogP contribution in [0.4, 0.5) is 0 Å². The fraction of sp³-hybridized carbons (Fsp3) is 0.682. The second-order valence-electron chi connectivity index (χ2n) is 7.06. The molecule has 0 heterocycles. The van der Waals surface area contributed by atoms with Gasteiger partial charge in [0.1, 0.15) is 5.75 Å².